The zero-order valence-corrected chi connectivity index (χ0v) is 14.0. The van der Waals surface area contributed by atoms with Crippen LogP contribution >= 0.6 is 0 Å². The second-order valence-corrected chi connectivity index (χ2v) is 6.56. The van der Waals surface area contributed by atoms with Crippen molar-refractivity contribution in [2.75, 3.05) is 11.9 Å². The maximum atomic E-state index is 5.88. The number of rotatable bonds is 7. The van der Waals surface area contributed by atoms with Gasteiger partial charge < -0.3 is 14.8 Å². The van der Waals surface area contributed by atoms with E-state index >= 15 is 0 Å². The van der Waals surface area contributed by atoms with Gasteiger partial charge in [0.25, 0.3) is 0 Å². The van der Waals surface area contributed by atoms with E-state index in [1.165, 1.54) is 0 Å². The SMILES string of the molecule is CCOC1CC(Nc2cccc(OC(C)CC)c2)C1(C)C. The van der Waals surface area contributed by atoms with Crippen LogP contribution in [0.5, 0.6) is 5.75 Å². The van der Waals surface area contributed by atoms with Crippen LogP contribution in [0, 0.1) is 5.41 Å². The Labute approximate surface area is 129 Å². The Bertz CT molecular complexity index is 458. The molecule has 0 aliphatic heterocycles. The smallest absolute Gasteiger partial charge is 0.121 e. The second kappa shape index (κ2) is 6.69. The Morgan fingerprint density at radius 1 is 1.33 bits per heavy atom. The molecular weight excluding hydrogens is 262 g/mol. The molecule has 3 unspecified atom stereocenters. The van der Waals surface area contributed by atoms with Gasteiger partial charge in [-0.15, -0.1) is 0 Å². The van der Waals surface area contributed by atoms with Crippen molar-refractivity contribution in [3.8, 4) is 5.75 Å². The van der Waals surface area contributed by atoms with Gasteiger partial charge in [0.2, 0.25) is 0 Å². The molecule has 0 heterocycles. The highest BCUT2D eigenvalue weighted by Crippen LogP contribution is 2.44. The van der Waals surface area contributed by atoms with Gasteiger partial charge in [0, 0.05) is 29.8 Å². The standard InChI is InChI=1S/C18H29NO2/c1-6-13(3)21-15-10-8-9-14(11-15)19-16-12-17(20-7-2)18(16,4)5/h8-11,13,16-17,19H,6-7,12H2,1-5H3. The summed E-state index contributed by atoms with van der Waals surface area (Å²) in [7, 11) is 0. The number of hydrogen-bond donors (Lipinski definition) is 1. The topological polar surface area (TPSA) is 30.5 Å². The summed E-state index contributed by atoms with van der Waals surface area (Å²) in [5.74, 6) is 0.938. The minimum atomic E-state index is 0.170. The van der Waals surface area contributed by atoms with Crippen LogP contribution in [0.4, 0.5) is 5.69 Å². The Hall–Kier alpha value is -1.22. The van der Waals surface area contributed by atoms with Crippen molar-refractivity contribution in [2.45, 2.75) is 65.7 Å². The van der Waals surface area contributed by atoms with E-state index < -0.39 is 0 Å². The normalized spacial score (nSPS) is 25.0. The molecule has 1 aliphatic carbocycles. The summed E-state index contributed by atoms with van der Waals surface area (Å²) >= 11 is 0. The van der Waals surface area contributed by atoms with Crippen LogP contribution in [0.25, 0.3) is 0 Å². The van der Waals surface area contributed by atoms with Gasteiger partial charge in [-0.05, 0) is 38.8 Å². The van der Waals surface area contributed by atoms with Gasteiger partial charge in [0.15, 0.2) is 0 Å². The summed E-state index contributed by atoms with van der Waals surface area (Å²) in [6.07, 6.45) is 2.70. The minimum absolute atomic E-state index is 0.170. The molecule has 0 spiro atoms. The van der Waals surface area contributed by atoms with E-state index in [1.54, 1.807) is 0 Å². The monoisotopic (exact) mass is 291 g/mol. The van der Waals surface area contributed by atoms with E-state index in [0.717, 1.165) is 30.9 Å². The lowest BCUT2D eigenvalue weighted by Crippen LogP contribution is -2.58. The lowest BCUT2D eigenvalue weighted by atomic mass is 9.64. The first kappa shape index (κ1) is 16.2. The summed E-state index contributed by atoms with van der Waals surface area (Å²) in [6, 6.07) is 8.72. The summed E-state index contributed by atoms with van der Waals surface area (Å²) in [5, 5.41) is 3.63. The first-order valence-corrected chi connectivity index (χ1v) is 8.12. The molecule has 1 aromatic rings. The van der Waals surface area contributed by atoms with E-state index in [9.17, 15) is 0 Å². The Morgan fingerprint density at radius 3 is 2.71 bits per heavy atom. The summed E-state index contributed by atoms with van der Waals surface area (Å²) in [4.78, 5) is 0. The zero-order valence-electron chi connectivity index (χ0n) is 14.0. The third kappa shape index (κ3) is 3.70. The highest BCUT2D eigenvalue weighted by atomic mass is 16.5. The number of hydrogen-bond acceptors (Lipinski definition) is 3. The van der Waals surface area contributed by atoms with Crippen LogP contribution < -0.4 is 10.1 Å². The third-order valence-electron chi connectivity index (χ3n) is 4.63. The van der Waals surface area contributed by atoms with E-state index in [0.29, 0.717) is 12.1 Å². The van der Waals surface area contributed by atoms with E-state index in [4.69, 9.17) is 9.47 Å². The summed E-state index contributed by atoms with van der Waals surface area (Å²) in [6.45, 7) is 11.6. The van der Waals surface area contributed by atoms with Gasteiger partial charge >= 0.3 is 0 Å². The minimum Gasteiger partial charge on any atom is -0.491 e. The van der Waals surface area contributed by atoms with Gasteiger partial charge in [-0.1, -0.05) is 26.8 Å². The molecule has 21 heavy (non-hydrogen) atoms. The maximum absolute atomic E-state index is 5.88. The van der Waals surface area contributed by atoms with Crippen LogP contribution in [0.3, 0.4) is 0 Å². The molecule has 0 aromatic heterocycles. The van der Waals surface area contributed by atoms with Crippen molar-refractivity contribution in [3.63, 3.8) is 0 Å². The molecule has 3 atom stereocenters. The Balaban J connectivity index is 1.96. The fraction of sp³-hybridized carbons (Fsp3) is 0.667. The number of anilines is 1. The molecule has 118 valence electrons. The second-order valence-electron chi connectivity index (χ2n) is 6.56. The summed E-state index contributed by atoms with van der Waals surface area (Å²) < 4.78 is 11.7. The fourth-order valence-corrected chi connectivity index (χ4v) is 2.79. The largest absolute Gasteiger partial charge is 0.491 e. The quantitative estimate of drug-likeness (QED) is 0.803. The van der Waals surface area contributed by atoms with Gasteiger partial charge in [0.1, 0.15) is 5.75 Å². The number of benzene rings is 1. The number of ether oxygens (including phenoxy) is 2. The predicted molar refractivity (Wildman–Crippen MR) is 88.0 cm³/mol. The average molecular weight is 291 g/mol. The van der Waals surface area contributed by atoms with Crippen LogP contribution in [0.2, 0.25) is 0 Å². The van der Waals surface area contributed by atoms with E-state index in [-0.39, 0.29) is 11.5 Å². The van der Waals surface area contributed by atoms with E-state index in [2.05, 4.69) is 52.1 Å². The molecule has 1 saturated carbocycles. The molecule has 2 rings (SSSR count). The first-order chi connectivity index (χ1) is 9.97. The lowest BCUT2D eigenvalue weighted by molar-refractivity contribution is -0.0975. The fourth-order valence-electron chi connectivity index (χ4n) is 2.79. The van der Waals surface area contributed by atoms with Crippen LogP contribution in [-0.2, 0) is 4.74 Å². The molecule has 3 nitrogen and oxygen atoms in total. The lowest BCUT2D eigenvalue weighted by Gasteiger charge is -2.52. The molecule has 0 saturated heterocycles. The highest BCUT2D eigenvalue weighted by molar-refractivity contribution is 5.50. The van der Waals surface area contributed by atoms with Crippen molar-refractivity contribution >= 4 is 5.69 Å². The van der Waals surface area contributed by atoms with Gasteiger partial charge in [-0.2, -0.15) is 0 Å². The van der Waals surface area contributed by atoms with Crippen molar-refractivity contribution in [3.05, 3.63) is 24.3 Å². The summed E-state index contributed by atoms with van der Waals surface area (Å²) in [5.41, 5.74) is 1.30. The molecular formula is C18H29NO2. The highest BCUT2D eigenvalue weighted by Gasteiger charge is 2.48. The van der Waals surface area contributed by atoms with Crippen molar-refractivity contribution in [1.29, 1.82) is 0 Å². The molecule has 3 heteroatoms. The van der Waals surface area contributed by atoms with Crippen molar-refractivity contribution < 1.29 is 9.47 Å². The van der Waals surface area contributed by atoms with Crippen LogP contribution in [0.15, 0.2) is 24.3 Å². The van der Waals surface area contributed by atoms with Gasteiger partial charge in [-0.3, -0.25) is 0 Å². The molecule has 0 radical (unpaired) electrons. The van der Waals surface area contributed by atoms with Crippen molar-refractivity contribution in [2.24, 2.45) is 5.41 Å². The Kier molecular flexibility index (Phi) is 5.15. The predicted octanol–water partition coefficient (Wildman–Crippen LogP) is 4.48. The number of nitrogens with one attached hydrogen (secondary N) is 1. The Morgan fingerprint density at radius 2 is 2.10 bits per heavy atom. The van der Waals surface area contributed by atoms with Gasteiger partial charge in [0.05, 0.1) is 12.2 Å². The van der Waals surface area contributed by atoms with Crippen LogP contribution in [-0.4, -0.2) is 24.9 Å². The molecule has 1 fully saturated rings. The van der Waals surface area contributed by atoms with Crippen molar-refractivity contribution in [1.82, 2.24) is 0 Å². The third-order valence-corrected chi connectivity index (χ3v) is 4.63. The zero-order chi connectivity index (χ0) is 15.5. The molecule has 0 amide bonds. The average Bonchev–Trinajstić information content (AvgIpc) is 2.46. The first-order valence-electron chi connectivity index (χ1n) is 8.12. The molecule has 1 N–H and O–H groups in total. The molecule has 1 aliphatic rings. The maximum Gasteiger partial charge on any atom is 0.121 e. The molecule has 0 bridgehead atoms. The molecule has 1 aromatic carbocycles. The van der Waals surface area contributed by atoms with Gasteiger partial charge in [-0.25, -0.2) is 0 Å². The van der Waals surface area contributed by atoms with Crippen LogP contribution in [0.1, 0.15) is 47.5 Å². The van der Waals surface area contributed by atoms with E-state index in [1.807, 2.05) is 12.1 Å².